The summed E-state index contributed by atoms with van der Waals surface area (Å²) in [5, 5.41) is 13.8. The van der Waals surface area contributed by atoms with Crippen LogP contribution < -0.4 is 20.1 Å². The second-order valence-corrected chi connectivity index (χ2v) is 4.99. The first-order valence-electron chi connectivity index (χ1n) is 7.39. The summed E-state index contributed by atoms with van der Waals surface area (Å²) in [6, 6.07) is 11.4. The summed E-state index contributed by atoms with van der Waals surface area (Å²) in [6.45, 7) is 0. The molecule has 1 aromatic heterocycles. The summed E-state index contributed by atoms with van der Waals surface area (Å²) in [5.41, 5.74) is 1.22. The van der Waals surface area contributed by atoms with Crippen molar-refractivity contribution >= 4 is 23.1 Å². The fourth-order valence-corrected chi connectivity index (χ4v) is 2.15. The van der Waals surface area contributed by atoms with E-state index in [1.165, 1.54) is 18.3 Å². The van der Waals surface area contributed by atoms with Crippen LogP contribution in [0.25, 0.3) is 0 Å². The molecule has 0 radical (unpaired) electrons. The average molecular weight is 341 g/mol. The number of nitrogens with zero attached hydrogens (tertiary/aromatic N) is 3. The van der Waals surface area contributed by atoms with Gasteiger partial charge in [0.15, 0.2) is 5.82 Å². The van der Waals surface area contributed by atoms with Crippen molar-refractivity contribution in [1.29, 1.82) is 0 Å². The van der Waals surface area contributed by atoms with Crippen molar-refractivity contribution in [3.63, 3.8) is 0 Å². The van der Waals surface area contributed by atoms with Crippen LogP contribution in [0.1, 0.15) is 0 Å². The number of ether oxygens (including phenoxy) is 2. The van der Waals surface area contributed by atoms with E-state index in [4.69, 9.17) is 9.47 Å². The monoisotopic (exact) mass is 341 g/mol. The lowest BCUT2D eigenvalue weighted by Gasteiger charge is -2.12. The molecule has 0 spiro atoms. The molecular weight excluding hydrogens is 325 g/mol. The molecule has 0 aliphatic heterocycles. The quantitative estimate of drug-likeness (QED) is 0.710. The van der Waals surface area contributed by atoms with E-state index in [1.54, 1.807) is 44.6 Å². The summed E-state index contributed by atoms with van der Waals surface area (Å²) in [4.78, 5) is 4.31. The average Bonchev–Trinajstić information content (AvgIpc) is 2.62. The Morgan fingerprint density at radius 2 is 1.88 bits per heavy atom. The number of benzene rings is 2. The van der Waals surface area contributed by atoms with Gasteiger partial charge in [-0.25, -0.2) is 4.39 Å². The molecule has 2 N–H and O–H groups in total. The second-order valence-electron chi connectivity index (χ2n) is 4.99. The zero-order valence-corrected chi connectivity index (χ0v) is 13.7. The van der Waals surface area contributed by atoms with Crippen molar-refractivity contribution in [3.05, 3.63) is 54.5 Å². The van der Waals surface area contributed by atoms with Gasteiger partial charge in [0, 0.05) is 11.8 Å². The van der Waals surface area contributed by atoms with Crippen LogP contribution in [0.2, 0.25) is 0 Å². The molecule has 0 amide bonds. The smallest absolute Gasteiger partial charge is 0.249 e. The number of rotatable bonds is 6. The zero-order valence-electron chi connectivity index (χ0n) is 13.7. The number of anilines is 4. The molecule has 1 heterocycles. The standard InChI is InChI=1S/C17H16FN5O2/c1-24-13-6-7-14(15(9-13)25-2)21-16-10-19-23-17(22-16)20-12-5-3-4-11(18)8-12/h3-10H,1-2H3,(H2,20,21,22,23). The first-order valence-corrected chi connectivity index (χ1v) is 7.39. The zero-order chi connectivity index (χ0) is 17.6. The van der Waals surface area contributed by atoms with E-state index in [-0.39, 0.29) is 11.8 Å². The highest BCUT2D eigenvalue weighted by atomic mass is 19.1. The molecule has 0 fully saturated rings. The Morgan fingerprint density at radius 1 is 1.00 bits per heavy atom. The third-order valence-electron chi connectivity index (χ3n) is 3.31. The molecule has 0 aliphatic rings. The molecule has 3 rings (SSSR count). The van der Waals surface area contributed by atoms with Gasteiger partial charge in [-0.05, 0) is 30.3 Å². The van der Waals surface area contributed by atoms with Gasteiger partial charge in [-0.1, -0.05) is 6.07 Å². The largest absolute Gasteiger partial charge is 0.497 e. The van der Waals surface area contributed by atoms with Crippen LogP contribution in [0.4, 0.5) is 27.5 Å². The van der Waals surface area contributed by atoms with Gasteiger partial charge in [0.1, 0.15) is 17.3 Å². The lowest BCUT2D eigenvalue weighted by molar-refractivity contribution is 0.395. The molecule has 3 aromatic rings. The first kappa shape index (κ1) is 16.4. The molecular formula is C17H16FN5O2. The van der Waals surface area contributed by atoms with Gasteiger partial charge < -0.3 is 20.1 Å². The highest BCUT2D eigenvalue weighted by Crippen LogP contribution is 2.31. The lowest BCUT2D eigenvalue weighted by atomic mass is 10.2. The predicted molar refractivity (Wildman–Crippen MR) is 92.3 cm³/mol. The number of aromatic nitrogens is 3. The summed E-state index contributed by atoms with van der Waals surface area (Å²) < 4.78 is 23.8. The number of nitrogens with one attached hydrogen (secondary N) is 2. The van der Waals surface area contributed by atoms with Crippen LogP contribution in [0.15, 0.2) is 48.7 Å². The molecule has 0 atom stereocenters. The van der Waals surface area contributed by atoms with Gasteiger partial charge >= 0.3 is 0 Å². The van der Waals surface area contributed by atoms with Crippen molar-refractivity contribution in [1.82, 2.24) is 15.2 Å². The second kappa shape index (κ2) is 7.43. The Labute approximate surface area is 143 Å². The third kappa shape index (κ3) is 4.11. The summed E-state index contributed by atoms with van der Waals surface area (Å²) in [5.74, 6) is 1.62. The van der Waals surface area contributed by atoms with E-state index in [0.29, 0.717) is 28.7 Å². The molecule has 25 heavy (non-hydrogen) atoms. The van der Waals surface area contributed by atoms with Gasteiger partial charge in [-0.15, -0.1) is 5.10 Å². The summed E-state index contributed by atoms with van der Waals surface area (Å²) in [6.07, 6.45) is 1.47. The minimum Gasteiger partial charge on any atom is -0.497 e. The highest BCUT2D eigenvalue weighted by Gasteiger charge is 2.08. The maximum atomic E-state index is 13.2. The Balaban J connectivity index is 1.80. The lowest BCUT2D eigenvalue weighted by Crippen LogP contribution is -2.03. The van der Waals surface area contributed by atoms with Crippen molar-refractivity contribution < 1.29 is 13.9 Å². The topological polar surface area (TPSA) is 81.2 Å². The van der Waals surface area contributed by atoms with Gasteiger partial charge in [-0.3, -0.25) is 0 Å². The summed E-state index contributed by atoms with van der Waals surface area (Å²) >= 11 is 0. The maximum Gasteiger partial charge on any atom is 0.249 e. The van der Waals surface area contributed by atoms with E-state index in [2.05, 4.69) is 25.8 Å². The number of hydrogen-bond acceptors (Lipinski definition) is 7. The molecule has 128 valence electrons. The van der Waals surface area contributed by atoms with Crippen LogP contribution in [-0.4, -0.2) is 29.4 Å². The Bertz CT molecular complexity index is 875. The number of halogens is 1. The fraction of sp³-hybridized carbons (Fsp3) is 0.118. The van der Waals surface area contributed by atoms with Crippen molar-refractivity contribution in [2.24, 2.45) is 0 Å². The number of hydrogen-bond donors (Lipinski definition) is 2. The SMILES string of the molecule is COc1ccc(Nc2cnnc(Nc3cccc(F)c3)n2)c(OC)c1. The van der Waals surface area contributed by atoms with Gasteiger partial charge in [0.2, 0.25) is 5.95 Å². The van der Waals surface area contributed by atoms with Gasteiger partial charge in [0.05, 0.1) is 26.1 Å². The Kier molecular flexibility index (Phi) is 4.89. The minimum atomic E-state index is -0.352. The Morgan fingerprint density at radius 3 is 2.64 bits per heavy atom. The molecule has 0 unspecified atom stereocenters. The molecule has 0 saturated carbocycles. The highest BCUT2D eigenvalue weighted by molar-refractivity contribution is 5.66. The molecule has 0 aliphatic carbocycles. The van der Waals surface area contributed by atoms with E-state index >= 15 is 0 Å². The molecule has 2 aromatic carbocycles. The van der Waals surface area contributed by atoms with E-state index in [1.807, 2.05) is 0 Å². The maximum absolute atomic E-state index is 13.2. The van der Waals surface area contributed by atoms with Crippen molar-refractivity contribution in [2.75, 3.05) is 24.9 Å². The molecule has 7 nitrogen and oxygen atoms in total. The minimum absolute atomic E-state index is 0.239. The number of methoxy groups -OCH3 is 2. The Hall–Kier alpha value is -3.42. The van der Waals surface area contributed by atoms with E-state index < -0.39 is 0 Å². The van der Waals surface area contributed by atoms with Gasteiger partial charge in [-0.2, -0.15) is 10.1 Å². The van der Waals surface area contributed by atoms with E-state index in [0.717, 1.165) is 0 Å². The third-order valence-corrected chi connectivity index (χ3v) is 3.31. The van der Waals surface area contributed by atoms with Gasteiger partial charge in [0.25, 0.3) is 0 Å². The molecule has 0 saturated heterocycles. The fourth-order valence-electron chi connectivity index (χ4n) is 2.15. The van der Waals surface area contributed by atoms with Crippen LogP contribution >= 0.6 is 0 Å². The van der Waals surface area contributed by atoms with Crippen LogP contribution in [0.5, 0.6) is 11.5 Å². The predicted octanol–water partition coefficient (Wildman–Crippen LogP) is 3.52. The van der Waals surface area contributed by atoms with Crippen LogP contribution in [-0.2, 0) is 0 Å². The van der Waals surface area contributed by atoms with E-state index in [9.17, 15) is 4.39 Å². The van der Waals surface area contributed by atoms with Crippen LogP contribution in [0, 0.1) is 5.82 Å². The van der Waals surface area contributed by atoms with Crippen LogP contribution in [0.3, 0.4) is 0 Å². The van der Waals surface area contributed by atoms with Crippen molar-refractivity contribution in [3.8, 4) is 11.5 Å². The molecule has 8 heteroatoms. The molecule has 0 bridgehead atoms. The first-order chi connectivity index (χ1) is 12.2. The van der Waals surface area contributed by atoms with Crippen molar-refractivity contribution in [2.45, 2.75) is 0 Å². The summed E-state index contributed by atoms with van der Waals surface area (Å²) in [7, 11) is 3.15. The normalized spacial score (nSPS) is 10.2.